The minimum atomic E-state index is -0.494. The van der Waals surface area contributed by atoms with Crippen LogP contribution in [-0.2, 0) is 4.79 Å². The summed E-state index contributed by atoms with van der Waals surface area (Å²) in [5.41, 5.74) is 0.311. The largest absolute Gasteiger partial charge is 0.313 e. The first-order chi connectivity index (χ1) is 7.04. The fraction of sp³-hybridized carbons (Fsp3) is 0.100. The van der Waals surface area contributed by atoms with Crippen LogP contribution >= 0.6 is 27.5 Å². The van der Waals surface area contributed by atoms with E-state index in [0.29, 0.717) is 10.2 Å². The summed E-state index contributed by atoms with van der Waals surface area (Å²) in [6, 6.07) is 2.32. The average molecular weight is 291 g/mol. The molecule has 0 fully saturated rings. The number of carbonyl (C=O) groups excluding carboxylic acids is 1. The molecule has 0 aliphatic heterocycles. The monoisotopic (exact) mass is 289 g/mol. The molecule has 5 heteroatoms. The van der Waals surface area contributed by atoms with Crippen molar-refractivity contribution in [2.45, 2.75) is 6.92 Å². The second-order valence-electron chi connectivity index (χ2n) is 2.57. The van der Waals surface area contributed by atoms with E-state index in [0.717, 1.165) is 6.07 Å². The van der Waals surface area contributed by atoms with E-state index in [9.17, 15) is 9.18 Å². The Bertz CT molecular complexity index is 441. The van der Waals surface area contributed by atoms with Gasteiger partial charge in [-0.15, -0.1) is 0 Å². The van der Waals surface area contributed by atoms with Crippen LogP contribution in [0.2, 0.25) is 5.02 Å². The zero-order valence-corrected chi connectivity index (χ0v) is 10.0. The van der Waals surface area contributed by atoms with Gasteiger partial charge < -0.3 is 5.32 Å². The van der Waals surface area contributed by atoms with Crippen LogP contribution in [0.25, 0.3) is 0 Å². The minimum Gasteiger partial charge on any atom is -0.313 e. The van der Waals surface area contributed by atoms with Gasteiger partial charge in [0.1, 0.15) is 5.82 Å². The Morgan fingerprint density at radius 2 is 2.27 bits per heavy atom. The smallest absolute Gasteiger partial charge is 0.300 e. The van der Waals surface area contributed by atoms with Crippen LogP contribution < -0.4 is 5.32 Å². The summed E-state index contributed by atoms with van der Waals surface area (Å²) in [7, 11) is 0. The maximum Gasteiger partial charge on any atom is 0.300 e. The second-order valence-corrected chi connectivity index (χ2v) is 3.84. The van der Waals surface area contributed by atoms with Gasteiger partial charge >= 0.3 is 0 Å². The molecule has 1 amide bonds. The predicted molar refractivity (Wildman–Crippen MR) is 61.2 cm³/mol. The van der Waals surface area contributed by atoms with Gasteiger partial charge in [0.15, 0.2) is 0 Å². The van der Waals surface area contributed by atoms with Gasteiger partial charge in [-0.2, -0.15) is 0 Å². The molecule has 0 bridgehead atoms. The molecule has 0 heterocycles. The quantitative estimate of drug-likeness (QED) is 0.791. The first-order valence-corrected chi connectivity index (χ1v) is 5.10. The topological polar surface area (TPSA) is 29.1 Å². The Morgan fingerprint density at radius 3 is 2.80 bits per heavy atom. The highest BCUT2D eigenvalue weighted by molar-refractivity contribution is 9.10. The third kappa shape index (κ3) is 3.22. The molecule has 0 spiro atoms. The number of rotatable bonds is 1. The molecule has 1 rings (SSSR count). The molecule has 0 aliphatic rings. The Balaban J connectivity index is 3.03. The molecule has 1 aromatic carbocycles. The summed E-state index contributed by atoms with van der Waals surface area (Å²) in [4.78, 5) is 11.1. The van der Waals surface area contributed by atoms with Crippen LogP contribution in [0.1, 0.15) is 6.92 Å². The van der Waals surface area contributed by atoms with E-state index in [1.165, 1.54) is 6.07 Å². The number of hydrogen-bond donors (Lipinski definition) is 1. The molecule has 0 saturated carbocycles. The Hall–Kier alpha value is -1.05. The number of hydrogen-bond acceptors (Lipinski definition) is 1. The van der Waals surface area contributed by atoms with E-state index in [2.05, 4.69) is 33.1 Å². The number of anilines is 1. The van der Waals surface area contributed by atoms with Gasteiger partial charge in [0.05, 0.1) is 10.7 Å². The van der Waals surface area contributed by atoms with E-state index < -0.39 is 11.7 Å². The summed E-state index contributed by atoms with van der Waals surface area (Å²) in [6.45, 7) is 1.54. The standard InChI is InChI=1S/C10H6BrClFNO/c1-2-3-9(15)14-10-7(11)4-6(13)5-8(10)12/h4-5H,1H3,(H,14,15). The average Bonchev–Trinajstić information content (AvgIpc) is 2.11. The van der Waals surface area contributed by atoms with Crippen molar-refractivity contribution in [2.24, 2.45) is 0 Å². The molecule has 15 heavy (non-hydrogen) atoms. The molecule has 1 aromatic rings. The Morgan fingerprint density at radius 1 is 1.60 bits per heavy atom. The van der Waals surface area contributed by atoms with E-state index in [-0.39, 0.29) is 5.02 Å². The lowest BCUT2D eigenvalue weighted by molar-refractivity contribution is -0.111. The summed E-state index contributed by atoms with van der Waals surface area (Å²) in [5, 5.41) is 2.57. The Labute approximate surface area is 99.9 Å². The number of carbonyl (C=O) groups is 1. The fourth-order valence-corrected chi connectivity index (χ4v) is 1.82. The molecular weight excluding hydrogens is 284 g/mol. The number of halogens is 3. The summed E-state index contributed by atoms with van der Waals surface area (Å²) in [6.07, 6.45) is 0. The van der Waals surface area contributed by atoms with Crippen LogP contribution in [0.15, 0.2) is 16.6 Å². The van der Waals surface area contributed by atoms with E-state index in [1.54, 1.807) is 6.92 Å². The van der Waals surface area contributed by atoms with Crippen molar-refractivity contribution in [1.29, 1.82) is 0 Å². The SMILES string of the molecule is CC#CC(=O)Nc1c(Cl)cc(F)cc1Br. The minimum absolute atomic E-state index is 0.119. The molecule has 0 aromatic heterocycles. The second kappa shape index (κ2) is 5.15. The third-order valence-corrected chi connectivity index (χ3v) is 2.41. The molecule has 0 radical (unpaired) electrons. The van der Waals surface area contributed by atoms with Gasteiger partial charge in [0.2, 0.25) is 0 Å². The summed E-state index contributed by atoms with van der Waals surface area (Å²) >= 11 is 8.84. The van der Waals surface area contributed by atoms with Crippen molar-refractivity contribution in [3.8, 4) is 11.8 Å². The molecule has 78 valence electrons. The maximum atomic E-state index is 12.8. The lowest BCUT2D eigenvalue weighted by Crippen LogP contribution is -2.09. The highest BCUT2D eigenvalue weighted by atomic mass is 79.9. The summed E-state index contributed by atoms with van der Waals surface area (Å²) in [5.74, 6) is 3.76. The third-order valence-electron chi connectivity index (χ3n) is 1.48. The number of nitrogens with one attached hydrogen (secondary N) is 1. The lowest BCUT2D eigenvalue weighted by Gasteiger charge is -2.06. The molecule has 0 aliphatic carbocycles. The molecular formula is C10H6BrClFNO. The number of amides is 1. The zero-order chi connectivity index (χ0) is 11.4. The molecule has 0 unspecified atom stereocenters. The van der Waals surface area contributed by atoms with Crippen molar-refractivity contribution in [3.63, 3.8) is 0 Å². The van der Waals surface area contributed by atoms with Gasteiger partial charge in [-0.1, -0.05) is 17.5 Å². The van der Waals surface area contributed by atoms with Gasteiger partial charge in [-0.3, -0.25) is 4.79 Å². The highest BCUT2D eigenvalue weighted by Gasteiger charge is 2.09. The molecule has 0 saturated heterocycles. The van der Waals surface area contributed by atoms with E-state index in [4.69, 9.17) is 11.6 Å². The Kier molecular flexibility index (Phi) is 4.13. The highest BCUT2D eigenvalue weighted by Crippen LogP contribution is 2.31. The van der Waals surface area contributed by atoms with Crippen LogP contribution in [0.3, 0.4) is 0 Å². The van der Waals surface area contributed by atoms with Gasteiger partial charge in [-0.25, -0.2) is 4.39 Å². The van der Waals surface area contributed by atoms with Crippen LogP contribution in [0.4, 0.5) is 10.1 Å². The van der Waals surface area contributed by atoms with Gasteiger partial charge in [0, 0.05) is 4.47 Å². The maximum absolute atomic E-state index is 12.8. The predicted octanol–water partition coefficient (Wildman–Crippen LogP) is 3.20. The first kappa shape index (κ1) is 12.0. The molecule has 1 N–H and O–H groups in total. The van der Waals surface area contributed by atoms with Crippen molar-refractivity contribution in [1.82, 2.24) is 0 Å². The van der Waals surface area contributed by atoms with Gasteiger partial charge in [-0.05, 0) is 40.9 Å². The van der Waals surface area contributed by atoms with Gasteiger partial charge in [0.25, 0.3) is 5.91 Å². The van der Waals surface area contributed by atoms with Crippen LogP contribution in [0.5, 0.6) is 0 Å². The zero-order valence-electron chi connectivity index (χ0n) is 7.70. The van der Waals surface area contributed by atoms with Crippen LogP contribution in [0, 0.1) is 17.7 Å². The van der Waals surface area contributed by atoms with Crippen LogP contribution in [-0.4, -0.2) is 5.91 Å². The van der Waals surface area contributed by atoms with Crippen molar-refractivity contribution in [2.75, 3.05) is 5.32 Å². The first-order valence-electron chi connectivity index (χ1n) is 3.93. The normalized spacial score (nSPS) is 9.07. The molecule has 2 nitrogen and oxygen atoms in total. The van der Waals surface area contributed by atoms with E-state index in [1.807, 2.05) is 0 Å². The lowest BCUT2D eigenvalue weighted by atomic mass is 10.3. The van der Waals surface area contributed by atoms with Crippen molar-refractivity contribution < 1.29 is 9.18 Å². The van der Waals surface area contributed by atoms with E-state index >= 15 is 0 Å². The molecule has 0 atom stereocenters. The summed E-state index contributed by atoms with van der Waals surface area (Å²) < 4.78 is 13.2. The van der Waals surface area contributed by atoms with Crippen molar-refractivity contribution in [3.05, 3.63) is 27.4 Å². The fourth-order valence-electron chi connectivity index (χ4n) is 0.920. The van der Waals surface area contributed by atoms with Crippen molar-refractivity contribution >= 4 is 39.1 Å². The number of benzene rings is 1.